The number of rotatable bonds is 6. The molecule has 1 atom stereocenters. The predicted octanol–water partition coefficient (Wildman–Crippen LogP) is 3.47. The minimum atomic E-state index is -0.973. The zero-order chi connectivity index (χ0) is 14.5. The first kappa shape index (κ1) is 14.6. The second kappa shape index (κ2) is 6.56. The summed E-state index contributed by atoms with van der Waals surface area (Å²) in [6, 6.07) is 6.48. The van der Waals surface area contributed by atoms with Gasteiger partial charge in [0.2, 0.25) is 0 Å². The summed E-state index contributed by atoms with van der Waals surface area (Å²) in [7, 11) is 0. The van der Waals surface area contributed by atoms with Crippen LogP contribution in [-0.2, 0) is 5.75 Å². The molecule has 1 aromatic carbocycles. The lowest BCUT2D eigenvalue weighted by molar-refractivity contribution is 0.0697. The van der Waals surface area contributed by atoms with Crippen molar-refractivity contribution in [1.29, 1.82) is 0 Å². The number of carbonyl (C=O) groups is 1. The molecule has 0 bridgehead atoms. The third-order valence-electron chi connectivity index (χ3n) is 2.90. The van der Waals surface area contributed by atoms with Crippen molar-refractivity contribution < 1.29 is 14.4 Å². The molecule has 1 heterocycles. The fourth-order valence-electron chi connectivity index (χ4n) is 1.55. The molecule has 0 radical (unpaired) electrons. The van der Waals surface area contributed by atoms with Gasteiger partial charge in [-0.2, -0.15) is 16.7 Å². The number of benzene rings is 1. The quantitative estimate of drug-likeness (QED) is 0.878. The van der Waals surface area contributed by atoms with E-state index in [1.54, 1.807) is 23.9 Å². The lowest BCUT2D eigenvalue weighted by Crippen LogP contribution is -1.96. The van der Waals surface area contributed by atoms with E-state index < -0.39 is 5.97 Å². The Bertz CT molecular complexity index is 598. The van der Waals surface area contributed by atoms with Crippen molar-refractivity contribution in [3.05, 3.63) is 35.7 Å². The highest BCUT2D eigenvalue weighted by molar-refractivity contribution is 7.99. The molecule has 1 unspecified atom stereocenters. The van der Waals surface area contributed by atoms with E-state index in [4.69, 9.17) is 9.63 Å². The number of carboxylic acid groups (broad SMARTS) is 1. The van der Waals surface area contributed by atoms with Crippen LogP contribution < -0.4 is 0 Å². The second-order valence-corrected chi connectivity index (χ2v) is 5.86. The van der Waals surface area contributed by atoms with E-state index in [2.05, 4.69) is 24.0 Å². The van der Waals surface area contributed by atoms with Crippen molar-refractivity contribution in [3.8, 4) is 11.5 Å². The van der Waals surface area contributed by atoms with Crippen molar-refractivity contribution in [2.24, 2.45) is 0 Å². The van der Waals surface area contributed by atoms with Gasteiger partial charge in [0.15, 0.2) is 5.82 Å². The number of aromatic carboxylic acids is 1. The highest BCUT2D eigenvalue weighted by Crippen LogP contribution is 2.22. The summed E-state index contributed by atoms with van der Waals surface area (Å²) >= 11 is 1.77. The molecular formula is C14H16N2O3S. The van der Waals surface area contributed by atoms with Crippen molar-refractivity contribution in [2.75, 3.05) is 0 Å². The standard InChI is InChI=1S/C14H16N2O3S/c1-3-9(2)20-8-12-15-13(19-16-12)10-5-4-6-11(7-10)14(17)18/h4-7,9H,3,8H2,1-2H3,(H,17,18). The number of hydrogen-bond donors (Lipinski definition) is 1. The lowest BCUT2D eigenvalue weighted by atomic mass is 10.1. The fourth-order valence-corrected chi connectivity index (χ4v) is 2.34. The summed E-state index contributed by atoms with van der Waals surface area (Å²) in [5, 5.41) is 13.4. The van der Waals surface area contributed by atoms with Crippen molar-refractivity contribution in [2.45, 2.75) is 31.3 Å². The Labute approximate surface area is 121 Å². The molecule has 2 rings (SSSR count). The van der Waals surface area contributed by atoms with Crippen LogP contribution in [0, 0.1) is 0 Å². The Morgan fingerprint density at radius 1 is 1.50 bits per heavy atom. The molecule has 20 heavy (non-hydrogen) atoms. The van der Waals surface area contributed by atoms with Gasteiger partial charge < -0.3 is 9.63 Å². The van der Waals surface area contributed by atoms with Crippen LogP contribution in [0.2, 0.25) is 0 Å². The minimum Gasteiger partial charge on any atom is -0.478 e. The molecule has 0 saturated carbocycles. The summed E-state index contributed by atoms with van der Waals surface area (Å²) < 4.78 is 5.18. The summed E-state index contributed by atoms with van der Waals surface area (Å²) in [5.74, 6) is 0.703. The van der Waals surface area contributed by atoms with Gasteiger partial charge in [-0.1, -0.05) is 25.1 Å². The SMILES string of the molecule is CCC(C)SCc1noc(-c2cccc(C(=O)O)c2)n1. The number of aromatic nitrogens is 2. The molecule has 1 N–H and O–H groups in total. The maximum absolute atomic E-state index is 10.9. The van der Waals surface area contributed by atoms with Gasteiger partial charge in [0.05, 0.1) is 11.3 Å². The first-order valence-electron chi connectivity index (χ1n) is 6.38. The third kappa shape index (κ3) is 3.60. The van der Waals surface area contributed by atoms with Crippen LogP contribution in [0.3, 0.4) is 0 Å². The predicted molar refractivity (Wildman–Crippen MR) is 77.7 cm³/mol. The number of carboxylic acids is 1. The van der Waals surface area contributed by atoms with Gasteiger partial charge >= 0.3 is 5.97 Å². The van der Waals surface area contributed by atoms with E-state index >= 15 is 0 Å². The maximum atomic E-state index is 10.9. The zero-order valence-electron chi connectivity index (χ0n) is 11.4. The van der Waals surface area contributed by atoms with Crippen LogP contribution in [-0.4, -0.2) is 26.5 Å². The summed E-state index contributed by atoms with van der Waals surface area (Å²) in [6.45, 7) is 4.29. The summed E-state index contributed by atoms with van der Waals surface area (Å²) in [6.07, 6.45) is 1.09. The normalized spacial score (nSPS) is 12.3. The van der Waals surface area contributed by atoms with Gasteiger partial charge in [-0.3, -0.25) is 0 Å². The molecule has 0 aliphatic carbocycles. The average molecular weight is 292 g/mol. The Hall–Kier alpha value is -1.82. The van der Waals surface area contributed by atoms with E-state index in [1.807, 2.05) is 0 Å². The van der Waals surface area contributed by atoms with Crippen molar-refractivity contribution in [3.63, 3.8) is 0 Å². The first-order chi connectivity index (χ1) is 9.60. The monoisotopic (exact) mass is 292 g/mol. The molecule has 106 valence electrons. The minimum absolute atomic E-state index is 0.205. The maximum Gasteiger partial charge on any atom is 0.335 e. The number of thioether (sulfide) groups is 1. The molecule has 0 fully saturated rings. The van der Waals surface area contributed by atoms with Gasteiger partial charge in [-0.25, -0.2) is 4.79 Å². The molecule has 0 spiro atoms. The van der Waals surface area contributed by atoms with Crippen LogP contribution in [0.1, 0.15) is 36.5 Å². The van der Waals surface area contributed by atoms with Gasteiger partial charge in [0.25, 0.3) is 5.89 Å². The van der Waals surface area contributed by atoms with Crippen molar-refractivity contribution in [1.82, 2.24) is 10.1 Å². The Morgan fingerprint density at radius 2 is 2.30 bits per heavy atom. The van der Waals surface area contributed by atoms with Crippen LogP contribution in [0.15, 0.2) is 28.8 Å². The summed E-state index contributed by atoms with van der Waals surface area (Å²) in [5.41, 5.74) is 0.827. The largest absolute Gasteiger partial charge is 0.478 e. The third-order valence-corrected chi connectivity index (χ3v) is 4.22. The molecular weight excluding hydrogens is 276 g/mol. The van der Waals surface area contributed by atoms with Crippen LogP contribution in [0.5, 0.6) is 0 Å². The Balaban J connectivity index is 2.12. The molecule has 0 amide bonds. The highest BCUT2D eigenvalue weighted by Gasteiger charge is 2.12. The molecule has 6 heteroatoms. The van der Waals surface area contributed by atoms with Crippen LogP contribution in [0.4, 0.5) is 0 Å². The molecule has 2 aromatic rings. The van der Waals surface area contributed by atoms with Gasteiger partial charge in [-0.05, 0) is 24.6 Å². The fraction of sp³-hybridized carbons (Fsp3) is 0.357. The first-order valence-corrected chi connectivity index (χ1v) is 7.43. The van der Waals surface area contributed by atoms with Gasteiger partial charge in [-0.15, -0.1) is 0 Å². The van der Waals surface area contributed by atoms with E-state index in [9.17, 15) is 4.79 Å². The van der Waals surface area contributed by atoms with Crippen LogP contribution >= 0.6 is 11.8 Å². The smallest absolute Gasteiger partial charge is 0.335 e. The zero-order valence-corrected chi connectivity index (χ0v) is 12.2. The van der Waals surface area contributed by atoms with Crippen LogP contribution in [0.25, 0.3) is 11.5 Å². The number of nitrogens with zero attached hydrogens (tertiary/aromatic N) is 2. The second-order valence-electron chi connectivity index (χ2n) is 4.43. The van der Waals surface area contributed by atoms with Crippen molar-refractivity contribution >= 4 is 17.7 Å². The Morgan fingerprint density at radius 3 is 3.00 bits per heavy atom. The molecule has 0 saturated heterocycles. The molecule has 0 aliphatic rings. The molecule has 1 aromatic heterocycles. The van der Waals surface area contributed by atoms with E-state index in [0.29, 0.717) is 28.3 Å². The van der Waals surface area contributed by atoms with Gasteiger partial charge in [0.1, 0.15) is 0 Å². The van der Waals surface area contributed by atoms with E-state index in [1.165, 1.54) is 12.1 Å². The summed E-state index contributed by atoms with van der Waals surface area (Å²) in [4.78, 5) is 15.2. The topological polar surface area (TPSA) is 76.2 Å². The Kier molecular flexibility index (Phi) is 4.79. The average Bonchev–Trinajstić information content (AvgIpc) is 2.93. The molecule has 5 nitrogen and oxygen atoms in total. The lowest BCUT2D eigenvalue weighted by Gasteiger charge is -2.04. The highest BCUT2D eigenvalue weighted by atomic mass is 32.2. The molecule has 0 aliphatic heterocycles. The van der Waals surface area contributed by atoms with E-state index in [0.717, 1.165) is 6.42 Å². The van der Waals surface area contributed by atoms with E-state index in [-0.39, 0.29) is 5.56 Å². The number of hydrogen-bond acceptors (Lipinski definition) is 5. The van der Waals surface area contributed by atoms with Gasteiger partial charge in [0, 0.05) is 10.8 Å².